The van der Waals surface area contributed by atoms with Gasteiger partial charge in [-0.3, -0.25) is 10.1 Å². The third-order valence-corrected chi connectivity index (χ3v) is 3.25. The van der Waals surface area contributed by atoms with Crippen LogP contribution in [-0.2, 0) is 0 Å². The van der Waals surface area contributed by atoms with Crippen molar-refractivity contribution in [2.75, 3.05) is 5.32 Å². The van der Waals surface area contributed by atoms with Crippen molar-refractivity contribution in [2.24, 2.45) is 0 Å². The Morgan fingerprint density at radius 3 is 2.68 bits per heavy atom. The van der Waals surface area contributed by atoms with Crippen molar-refractivity contribution in [3.63, 3.8) is 0 Å². The zero-order valence-corrected chi connectivity index (χ0v) is 12.3. The van der Waals surface area contributed by atoms with Crippen LogP contribution in [0.2, 0.25) is 10.2 Å². The number of nitrogens with one attached hydrogen (secondary N) is 1. The molecule has 0 unspecified atom stereocenters. The Bertz CT molecular complexity index is 652. The van der Waals surface area contributed by atoms with Crippen LogP contribution in [0.15, 0.2) is 34.8 Å². The maximum atomic E-state index is 10.9. The molecule has 0 atom stereocenters. The van der Waals surface area contributed by atoms with Crippen LogP contribution in [-0.4, -0.2) is 9.91 Å². The van der Waals surface area contributed by atoms with Crippen molar-refractivity contribution >= 4 is 56.3 Å². The molecule has 0 saturated carbocycles. The second-order valence-electron chi connectivity index (χ2n) is 3.51. The summed E-state index contributed by atoms with van der Waals surface area (Å²) in [6.45, 7) is 0. The van der Waals surface area contributed by atoms with Gasteiger partial charge in [0.05, 0.1) is 15.6 Å². The predicted octanol–water partition coefficient (Wildman–Crippen LogP) is 4.80. The Morgan fingerprint density at radius 2 is 2.00 bits per heavy atom. The van der Waals surface area contributed by atoms with Gasteiger partial charge in [-0.05, 0) is 24.3 Å². The van der Waals surface area contributed by atoms with Crippen molar-refractivity contribution < 1.29 is 4.92 Å². The summed E-state index contributed by atoms with van der Waals surface area (Å²) in [5, 5.41) is 14.3. The fraction of sp³-hybridized carbons (Fsp3) is 0. The Hall–Kier alpha value is -1.37. The van der Waals surface area contributed by atoms with E-state index in [-0.39, 0.29) is 16.7 Å². The summed E-state index contributed by atoms with van der Waals surface area (Å²) < 4.78 is 0.782. The molecule has 19 heavy (non-hydrogen) atoms. The molecule has 0 bridgehead atoms. The van der Waals surface area contributed by atoms with E-state index in [9.17, 15) is 10.1 Å². The van der Waals surface area contributed by atoms with E-state index in [1.165, 1.54) is 12.1 Å². The van der Waals surface area contributed by atoms with Gasteiger partial charge in [-0.2, -0.15) is 0 Å². The van der Waals surface area contributed by atoms with Gasteiger partial charge in [0.1, 0.15) is 5.15 Å². The van der Waals surface area contributed by atoms with E-state index in [1.54, 1.807) is 18.2 Å². The van der Waals surface area contributed by atoms with Gasteiger partial charge in [0.25, 0.3) is 0 Å². The van der Waals surface area contributed by atoms with Gasteiger partial charge in [0.15, 0.2) is 0 Å². The van der Waals surface area contributed by atoms with E-state index in [0.29, 0.717) is 10.7 Å². The predicted molar refractivity (Wildman–Crippen MR) is 78.3 cm³/mol. The minimum absolute atomic E-state index is 0.0394. The van der Waals surface area contributed by atoms with Crippen LogP contribution in [0.4, 0.5) is 17.2 Å². The quantitative estimate of drug-likeness (QED) is 0.483. The zero-order valence-electron chi connectivity index (χ0n) is 9.23. The highest BCUT2D eigenvalue weighted by Crippen LogP contribution is 2.32. The fourth-order valence-corrected chi connectivity index (χ4v) is 2.06. The number of pyridine rings is 1. The molecule has 1 aromatic carbocycles. The molecule has 0 aliphatic carbocycles. The molecule has 1 heterocycles. The van der Waals surface area contributed by atoms with Crippen molar-refractivity contribution in [1.29, 1.82) is 0 Å². The van der Waals surface area contributed by atoms with Crippen LogP contribution in [0.5, 0.6) is 0 Å². The molecule has 0 fully saturated rings. The first-order valence-corrected chi connectivity index (χ1v) is 6.55. The van der Waals surface area contributed by atoms with E-state index >= 15 is 0 Å². The number of rotatable bonds is 3. The first-order valence-electron chi connectivity index (χ1n) is 5.00. The maximum Gasteiger partial charge on any atom is 0.311 e. The highest BCUT2D eigenvalue weighted by Gasteiger charge is 2.16. The maximum absolute atomic E-state index is 10.9. The first-order chi connectivity index (χ1) is 8.97. The van der Waals surface area contributed by atoms with Gasteiger partial charge in [-0.15, -0.1) is 0 Å². The molecular formula is C11H6BrCl2N3O2. The van der Waals surface area contributed by atoms with Crippen LogP contribution in [0.1, 0.15) is 0 Å². The van der Waals surface area contributed by atoms with Crippen molar-refractivity contribution in [2.45, 2.75) is 0 Å². The highest BCUT2D eigenvalue weighted by atomic mass is 79.9. The summed E-state index contributed by atoms with van der Waals surface area (Å²) in [5.74, 6) is 0.0394. The number of hydrogen-bond acceptors (Lipinski definition) is 4. The lowest BCUT2D eigenvalue weighted by atomic mass is 10.3. The van der Waals surface area contributed by atoms with Crippen LogP contribution in [0.3, 0.4) is 0 Å². The minimum Gasteiger partial charge on any atom is -0.333 e. The summed E-state index contributed by atoms with van der Waals surface area (Å²) in [4.78, 5) is 14.3. The molecule has 1 aromatic heterocycles. The molecule has 2 aromatic rings. The molecule has 0 aliphatic heterocycles. The van der Waals surface area contributed by atoms with Crippen molar-refractivity contribution in [3.8, 4) is 0 Å². The highest BCUT2D eigenvalue weighted by molar-refractivity contribution is 9.10. The average molecular weight is 363 g/mol. The smallest absolute Gasteiger partial charge is 0.311 e. The molecular weight excluding hydrogens is 357 g/mol. The molecule has 0 amide bonds. The SMILES string of the molecule is O=[N+]([O-])c1ccc(Cl)nc1Nc1cc(Br)ccc1Cl. The third-order valence-electron chi connectivity index (χ3n) is 2.22. The number of benzene rings is 1. The molecule has 0 radical (unpaired) electrons. The standard InChI is InChI=1S/C11H6BrCl2N3O2/c12-6-1-2-7(13)8(5-6)15-11-9(17(18)19)3-4-10(14)16-11/h1-5H,(H,15,16). The molecule has 0 saturated heterocycles. The molecule has 98 valence electrons. The van der Waals surface area contributed by atoms with Crippen LogP contribution >= 0.6 is 39.1 Å². The summed E-state index contributed by atoms with van der Waals surface area (Å²) in [6, 6.07) is 7.74. The van der Waals surface area contributed by atoms with Gasteiger partial charge in [-0.1, -0.05) is 39.1 Å². The summed E-state index contributed by atoms with van der Waals surface area (Å²) in [7, 11) is 0. The average Bonchev–Trinajstić information content (AvgIpc) is 2.33. The number of aromatic nitrogens is 1. The van der Waals surface area contributed by atoms with E-state index in [1.807, 2.05) is 0 Å². The molecule has 5 nitrogen and oxygen atoms in total. The van der Waals surface area contributed by atoms with Crippen LogP contribution in [0.25, 0.3) is 0 Å². The van der Waals surface area contributed by atoms with Crippen LogP contribution in [0, 0.1) is 10.1 Å². The Kier molecular flexibility index (Phi) is 4.24. The van der Waals surface area contributed by atoms with Gasteiger partial charge in [0, 0.05) is 10.5 Å². The Morgan fingerprint density at radius 1 is 1.26 bits per heavy atom. The molecule has 8 heteroatoms. The summed E-state index contributed by atoms with van der Waals surface area (Å²) in [6.07, 6.45) is 0. The normalized spacial score (nSPS) is 10.3. The van der Waals surface area contributed by atoms with E-state index in [4.69, 9.17) is 23.2 Å². The number of nitrogens with zero attached hydrogens (tertiary/aromatic N) is 2. The van der Waals surface area contributed by atoms with Crippen molar-refractivity contribution in [1.82, 2.24) is 4.98 Å². The topological polar surface area (TPSA) is 68.1 Å². The van der Waals surface area contributed by atoms with E-state index in [0.717, 1.165) is 4.47 Å². The van der Waals surface area contributed by atoms with Crippen molar-refractivity contribution in [3.05, 3.63) is 55.1 Å². The fourth-order valence-electron chi connectivity index (χ4n) is 1.39. The lowest BCUT2D eigenvalue weighted by Gasteiger charge is -2.08. The van der Waals surface area contributed by atoms with Gasteiger partial charge in [0.2, 0.25) is 5.82 Å². The number of nitro groups is 1. The summed E-state index contributed by atoms with van der Waals surface area (Å²) >= 11 is 15.0. The Labute approximate surface area is 126 Å². The monoisotopic (exact) mass is 361 g/mol. The van der Waals surface area contributed by atoms with E-state index in [2.05, 4.69) is 26.2 Å². The second-order valence-corrected chi connectivity index (χ2v) is 5.22. The van der Waals surface area contributed by atoms with Gasteiger partial charge >= 0.3 is 5.69 Å². The first kappa shape index (κ1) is 14.0. The largest absolute Gasteiger partial charge is 0.333 e. The lowest BCUT2D eigenvalue weighted by molar-refractivity contribution is -0.384. The van der Waals surface area contributed by atoms with E-state index < -0.39 is 4.92 Å². The van der Waals surface area contributed by atoms with Gasteiger partial charge < -0.3 is 5.32 Å². The zero-order chi connectivity index (χ0) is 14.0. The number of hydrogen-bond donors (Lipinski definition) is 1. The minimum atomic E-state index is -0.544. The molecule has 0 aliphatic rings. The number of halogens is 3. The van der Waals surface area contributed by atoms with Gasteiger partial charge in [-0.25, -0.2) is 4.98 Å². The third kappa shape index (κ3) is 3.34. The number of anilines is 2. The lowest BCUT2D eigenvalue weighted by Crippen LogP contribution is -2.00. The molecule has 1 N–H and O–H groups in total. The van der Waals surface area contributed by atoms with Crippen LogP contribution < -0.4 is 5.32 Å². The second kappa shape index (κ2) is 5.73. The summed E-state index contributed by atoms with van der Waals surface area (Å²) in [5.41, 5.74) is 0.314. The molecule has 0 spiro atoms. The molecule has 2 rings (SSSR count). The Balaban J connectivity index is 2.45.